The molecule has 0 radical (unpaired) electrons. The van der Waals surface area contributed by atoms with Crippen LogP contribution in [0.15, 0.2) is 18.2 Å². The Labute approximate surface area is 148 Å². The summed E-state index contributed by atoms with van der Waals surface area (Å²) in [7, 11) is -0.925. The second kappa shape index (κ2) is 6.56. The average molecular weight is 349 g/mol. The van der Waals surface area contributed by atoms with Gasteiger partial charge in [0.1, 0.15) is 0 Å². The van der Waals surface area contributed by atoms with E-state index in [0.29, 0.717) is 0 Å². The van der Waals surface area contributed by atoms with E-state index in [1.54, 1.807) is 0 Å². The number of benzene rings is 1. The lowest BCUT2D eigenvalue weighted by molar-refractivity contribution is 0.00578. The van der Waals surface area contributed by atoms with Gasteiger partial charge in [-0.25, -0.2) is 0 Å². The van der Waals surface area contributed by atoms with Gasteiger partial charge in [-0.15, -0.1) is 0 Å². The van der Waals surface area contributed by atoms with E-state index in [9.17, 15) is 4.21 Å². The monoisotopic (exact) mass is 349 g/mol. The molecule has 2 aliphatic rings. The third kappa shape index (κ3) is 3.62. The lowest BCUT2D eigenvalue weighted by Gasteiger charge is -2.32. The molecule has 6 heteroatoms. The van der Waals surface area contributed by atoms with Gasteiger partial charge in [0.15, 0.2) is 0 Å². The van der Waals surface area contributed by atoms with E-state index in [2.05, 4.69) is 57.7 Å². The third-order valence-electron chi connectivity index (χ3n) is 5.56. The Morgan fingerprint density at radius 2 is 1.71 bits per heavy atom. The van der Waals surface area contributed by atoms with Gasteiger partial charge in [0, 0.05) is 41.9 Å². The fourth-order valence-electron chi connectivity index (χ4n) is 3.10. The second-order valence-corrected chi connectivity index (χ2v) is 9.59. The first-order chi connectivity index (χ1) is 11.2. The van der Waals surface area contributed by atoms with Gasteiger partial charge in [-0.3, -0.25) is 9.11 Å². The van der Waals surface area contributed by atoms with Crippen molar-refractivity contribution in [2.24, 2.45) is 0 Å². The number of aryl methyl sites for hydroxylation is 1. The summed E-state index contributed by atoms with van der Waals surface area (Å²) >= 11 is 0. The highest BCUT2D eigenvalue weighted by Crippen LogP contribution is 2.36. The molecule has 0 atom stereocenters. The fourth-order valence-corrected chi connectivity index (χ4v) is 4.22. The zero-order chi connectivity index (χ0) is 17.5. The summed E-state index contributed by atoms with van der Waals surface area (Å²) in [6, 6.07) is 6.48. The molecule has 1 aromatic carbocycles. The van der Waals surface area contributed by atoms with Crippen LogP contribution >= 0.6 is 0 Å². The Morgan fingerprint density at radius 1 is 1.12 bits per heavy atom. The first kappa shape index (κ1) is 18.1. The molecule has 2 aliphatic heterocycles. The lowest BCUT2D eigenvalue weighted by atomic mass is 9.78. The third-order valence-corrected chi connectivity index (χ3v) is 6.83. The predicted molar refractivity (Wildman–Crippen MR) is 100 cm³/mol. The van der Waals surface area contributed by atoms with Gasteiger partial charge in [0.2, 0.25) is 0 Å². The summed E-state index contributed by atoms with van der Waals surface area (Å²) in [5, 5.41) is 0. The minimum atomic E-state index is -0.619. The summed E-state index contributed by atoms with van der Waals surface area (Å²) in [6.07, 6.45) is 0. The highest BCUT2D eigenvalue weighted by Gasteiger charge is 2.51. The van der Waals surface area contributed by atoms with E-state index >= 15 is 0 Å². The van der Waals surface area contributed by atoms with Crippen molar-refractivity contribution in [1.82, 2.24) is 4.90 Å². The standard InChI is InChI=1S/C18H28BNO3S/c1-14-12-16(19-22-17(2,3)18(4,5)23-19)7-6-15(14)13-20-8-10-24(21)11-9-20/h6-7,12H,8-11,13H2,1-5H3. The normalized spacial score (nSPS) is 24.5. The van der Waals surface area contributed by atoms with E-state index in [1.165, 1.54) is 11.1 Å². The van der Waals surface area contributed by atoms with Gasteiger partial charge >= 0.3 is 7.12 Å². The Kier molecular flexibility index (Phi) is 4.95. The van der Waals surface area contributed by atoms with Crippen molar-refractivity contribution in [2.45, 2.75) is 52.4 Å². The molecule has 0 saturated carbocycles. The Balaban J connectivity index is 1.70. The lowest BCUT2D eigenvalue weighted by Crippen LogP contribution is -2.41. The molecule has 0 aromatic heterocycles. The van der Waals surface area contributed by atoms with E-state index < -0.39 is 10.8 Å². The van der Waals surface area contributed by atoms with Crippen molar-refractivity contribution in [2.75, 3.05) is 24.6 Å². The van der Waals surface area contributed by atoms with Crippen LogP contribution in [0.1, 0.15) is 38.8 Å². The molecule has 0 N–H and O–H groups in total. The van der Waals surface area contributed by atoms with E-state index in [0.717, 1.165) is 36.6 Å². The van der Waals surface area contributed by atoms with Crippen molar-refractivity contribution in [3.8, 4) is 0 Å². The molecule has 0 bridgehead atoms. The van der Waals surface area contributed by atoms with Crippen LogP contribution < -0.4 is 5.46 Å². The Hall–Kier alpha value is -0.685. The van der Waals surface area contributed by atoms with Gasteiger partial charge in [-0.1, -0.05) is 18.2 Å². The minimum Gasteiger partial charge on any atom is -0.399 e. The maximum absolute atomic E-state index is 11.5. The quantitative estimate of drug-likeness (QED) is 0.781. The molecular weight excluding hydrogens is 321 g/mol. The molecule has 0 amide bonds. The smallest absolute Gasteiger partial charge is 0.399 e. The molecule has 3 rings (SSSR count). The average Bonchev–Trinajstić information content (AvgIpc) is 2.72. The van der Waals surface area contributed by atoms with Crippen molar-refractivity contribution in [1.29, 1.82) is 0 Å². The van der Waals surface area contributed by atoms with Crippen LogP contribution in [-0.2, 0) is 26.7 Å². The number of nitrogens with zero attached hydrogens (tertiary/aromatic N) is 1. The minimum absolute atomic E-state index is 0.305. The molecule has 0 spiro atoms. The van der Waals surface area contributed by atoms with Crippen molar-refractivity contribution in [3.05, 3.63) is 29.3 Å². The molecule has 24 heavy (non-hydrogen) atoms. The first-order valence-electron chi connectivity index (χ1n) is 8.70. The largest absolute Gasteiger partial charge is 0.494 e. The van der Waals surface area contributed by atoms with E-state index in [4.69, 9.17) is 9.31 Å². The van der Waals surface area contributed by atoms with Gasteiger partial charge in [0.05, 0.1) is 11.2 Å². The molecule has 4 nitrogen and oxygen atoms in total. The van der Waals surface area contributed by atoms with Crippen LogP contribution in [0.5, 0.6) is 0 Å². The second-order valence-electron chi connectivity index (χ2n) is 7.90. The fraction of sp³-hybridized carbons (Fsp3) is 0.667. The molecule has 2 fully saturated rings. The number of rotatable bonds is 3. The topological polar surface area (TPSA) is 38.8 Å². The van der Waals surface area contributed by atoms with Crippen LogP contribution in [0, 0.1) is 6.92 Å². The predicted octanol–water partition coefficient (Wildman–Crippen LogP) is 1.86. The van der Waals surface area contributed by atoms with Crippen LogP contribution in [0.4, 0.5) is 0 Å². The Bertz CT molecular complexity index is 621. The Morgan fingerprint density at radius 3 is 2.25 bits per heavy atom. The zero-order valence-corrected chi connectivity index (χ0v) is 16.2. The van der Waals surface area contributed by atoms with E-state index in [-0.39, 0.29) is 18.3 Å². The number of hydrogen-bond acceptors (Lipinski definition) is 4. The van der Waals surface area contributed by atoms with Crippen molar-refractivity contribution in [3.63, 3.8) is 0 Å². The van der Waals surface area contributed by atoms with Gasteiger partial charge in [-0.05, 0) is 51.2 Å². The van der Waals surface area contributed by atoms with Crippen molar-refractivity contribution >= 4 is 23.4 Å². The van der Waals surface area contributed by atoms with Crippen LogP contribution in [0.3, 0.4) is 0 Å². The summed E-state index contributed by atoms with van der Waals surface area (Å²) in [6.45, 7) is 13.2. The first-order valence-corrected chi connectivity index (χ1v) is 10.2. The summed E-state index contributed by atoms with van der Waals surface area (Å²) in [5.41, 5.74) is 3.04. The molecule has 2 heterocycles. The number of hydrogen-bond donors (Lipinski definition) is 0. The van der Waals surface area contributed by atoms with Crippen LogP contribution in [-0.4, -0.2) is 52.0 Å². The maximum atomic E-state index is 11.5. The van der Waals surface area contributed by atoms with Crippen molar-refractivity contribution < 1.29 is 13.5 Å². The molecule has 132 valence electrons. The van der Waals surface area contributed by atoms with Gasteiger partial charge in [0.25, 0.3) is 0 Å². The highest BCUT2D eigenvalue weighted by molar-refractivity contribution is 7.85. The molecular formula is C18H28BNO3S. The molecule has 2 saturated heterocycles. The van der Waals surface area contributed by atoms with Gasteiger partial charge < -0.3 is 9.31 Å². The summed E-state index contributed by atoms with van der Waals surface area (Å²) in [4.78, 5) is 2.39. The SMILES string of the molecule is Cc1cc(B2OC(C)(C)C(C)(C)O2)ccc1CN1CCS(=O)CC1. The van der Waals surface area contributed by atoms with Crippen LogP contribution in [0.2, 0.25) is 0 Å². The summed E-state index contributed by atoms with van der Waals surface area (Å²) < 4.78 is 23.8. The summed E-state index contributed by atoms with van der Waals surface area (Å²) in [5.74, 6) is 1.59. The maximum Gasteiger partial charge on any atom is 0.494 e. The van der Waals surface area contributed by atoms with E-state index in [1.807, 2.05) is 0 Å². The molecule has 1 aromatic rings. The highest BCUT2D eigenvalue weighted by atomic mass is 32.2. The molecule has 0 unspecified atom stereocenters. The van der Waals surface area contributed by atoms with Gasteiger partial charge in [-0.2, -0.15) is 0 Å². The van der Waals surface area contributed by atoms with Crippen LogP contribution in [0.25, 0.3) is 0 Å². The zero-order valence-electron chi connectivity index (χ0n) is 15.4. The molecule has 0 aliphatic carbocycles.